The maximum Gasteiger partial charge on any atom is 0.145 e. The van der Waals surface area contributed by atoms with Crippen LogP contribution in [0.2, 0.25) is 0 Å². The number of rotatable bonds is 1. The molecule has 5 heteroatoms. The van der Waals surface area contributed by atoms with Gasteiger partial charge in [-0.1, -0.05) is 0 Å². The monoisotopic (exact) mass is 299 g/mol. The van der Waals surface area contributed by atoms with E-state index >= 15 is 0 Å². The minimum absolute atomic E-state index is 0. The van der Waals surface area contributed by atoms with Gasteiger partial charge in [0.25, 0.3) is 0 Å². The van der Waals surface area contributed by atoms with Crippen molar-refractivity contribution in [2.75, 3.05) is 12.8 Å². The lowest BCUT2D eigenvalue weighted by molar-refractivity contribution is 0.413. The van der Waals surface area contributed by atoms with E-state index in [9.17, 15) is 4.39 Å². The zero-order chi connectivity index (χ0) is 8.43. The van der Waals surface area contributed by atoms with Gasteiger partial charge in [-0.25, -0.2) is 4.39 Å². The molecule has 0 aliphatic carbocycles. The molecule has 1 aromatic carbocycles. The average molecular weight is 301 g/mol. The highest BCUT2D eigenvalue weighted by atomic mass is 79.9. The summed E-state index contributed by atoms with van der Waals surface area (Å²) in [6.07, 6.45) is 0. The second-order valence-corrected chi connectivity index (χ2v) is 2.86. The topological polar surface area (TPSA) is 35.2 Å². The second-order valence-electron chi connectivity index (χ2n) is 2.00. The summed E-state index contributed by atoms with van der Waals surface area (Å²) >= 11 is 3.09. The van der Waals surface area contributed by atoms with Gasteiger partial charge in [0, 0.05) is 10.5 Å². The highest BCUT2D eigenvalue weighted by Crippen LogP contribution is 2.30. The first-order valence-corrected chi connectivity index (χ1v) is 3.73. The van der Waals surface area contributed by atoms with E-state index in [0.29, 0.717) is 15.9 Å². The summed E-state index contributed by atoms with van der Waals surface area (Å²) in [7, 11) is 1.44. The first-order chi connectivity index (χ1) is 5.15. The number of nitrogens with two attached hydrogens (primary N) is 1. The van der Waals surface area contributed by atoms with Crippen molar-refractivity contribution in [1.82, 2.24) is 0 Å². The predicted molar refractivity (Wildman–Crippen MR) is 55.4 cm³/mol. The number of benzene rings is 1. The van der Waals surface area contributed by atoms with Gasteiger partial charge in [0.05, 0.1) is 12.8 Å². The molecule has 0 spiro atoms. The van der Waals surface area contributed by atoms with Crippen molar-refractivity contribution < 1.29 is 9.13 Å². The van der Waals surface area contributed by atoms with Crippen LogP contribution in [0.1, 0.15) is 0 Å². The minimum atomic E-state index is -0.372. The first kappa shape index (κ1) is 11.7. The summed E-state index contributed by atoms with van der Waals surface area (Å²) in [6, 6.07) is 2.53. The Morgan fingerprint density at radius 3 is 2.58 bits per heavy atom. The van der Waals surface area contributed by atoms with Gasteiger partial charge in [0.15, 0.2) is 0 Å². The average Bonchev–Trinajstić information content (AvgIpc) is 1.96. The van der Waals surface area contributed by atoms with Crippen molar-refractivity contribution >= 4 is 38.6 Å². The van der Waals surface area contributed by atoms with Crippen LogP contribution in [0.25, 0.3) is 0 Å². The minimum Gasteiger partial charge on any atom is -0.494 e. The summed E-state index contributed by atoms with van der Waals surface area (Å²) < 4.78 is 17.9. The molecule has 2 N–H and O–H groups in total. The molecular formula is C7H8Br2FNO. The molecule has 68 valence electrons. The van der Waals surface area contributed by atoms with E-state index < -0.39 is 0 Å². The fraction of sp³-hybridized carbons (Fsp3) is 0.143. The Morgan fingerprint density at radius 2 is 2.08 bits per heavy atom. The molecule has 12 heavy (non-hydrogen) atoms. The Balaban J connectivity index is 0.00000121. The van der Waals surface area contributed by atoms with E-state index in [1.54, 1.807) is 0 Å². The number of anilines is 1. The van der Waals surface area contributed by atoms with Crippen molar-refractivity contribution in [2.45, 2.75) is 0 Å². The smallest absolute Gasteiger partial charge is 0.145 e. The van der Waals surface area contributed by atoms with E-state index in [1.807, 2.05) is 0 Å². The largest absolute Gasteiger partial charge is 0.494 e. The molecule has 0 unspecified atom stereocenters. The third kappa shape index (κ3) is 2.35. The molecular weight excluding hydrogens is 293 g/mol. The van der Waals surface area contributed by atoms with Crippen LogP contribution in [-0.2, 0) is 0 Å². The molecule has 0 fully saturated rings. The van der Waals surface area contributed by atoms with Crippen LogP contribution < -0.4 is 10.5 Å². The first-order valence-electron chi connectivity index (χ1n) is 2.93. The SMILES string of the molecule is Br.COc1cc(F)cc(Br)c1N. The van der Waals surface area contributed by atoms with Crippen LogP contribution in [0, 0.1) is 5.82 Å². The highest BCUT2D eigenvalue weighted by Gasteiger charge is 2.05. The van der Waals surface area contributed by atoms with Crippen LogP contribution >= 0.6 is 32.9 Å². The number of hydrogen-bond acceptors (Lipinski definition) is 2. The molecule has 0 aromatic heterocycles. The molecule has 0 aliphatic rings. The third-order valence-corrected chi connectivity index (χ3v) is 1.93. The Morgan fingerprint density at radius 1 is 1.50 bits per heavy atom. The molecule has 0 aliphatic heterocycles. The zero-order valence-corrected chi connectivity index (χ0v) is 9.60. The Hall–Kier alpha value is -0.290. The number of methoxy groups -OCH3 is 1. The number of ether oxygens (including phenoxy) is 1. The molecule has 0 bridgehead atoms. The van der Waals surface area contributed by atoms with Crippen LogP contribution in [0.5, 0.6) is 5.75 Å². The number of halogens is 3. The third-order valence-electron chi connectivity index (χ3n) is 1.28. The second kappa shape index (κ2) is 4.67. The van der Waals surface area contributed by atoms with Gasteiger partial charge in [-0.2, -0.15) is 0 Å². The lowest BCUT2D eigenvalue weighted by Crippen LogP contribution is -1.94. The molecule has 0 saturated heterocycles. The standard InChI is InChI=1S/C7H7BrFNO.BrH/c1-11-6-3-4(9)2-5(8)7(6)10;/h2-3H,10H2,1H3;1H. The maximum atomic E-state index is 12.6. The lowest BCUT2D eigenvalue weighted by atomic mass is 10.3. The Kier molecular flexibility index (Phi) is 4.55. The van der Waals surface area contributed by atoms with Gasteiger partial charge in [-0.15, -0.1) is 17.0 Å². The maximum absolute atomic E-state index is 12.6. The molecule has 0 atom stereocenters. The molecule has 1 rings (SSSR count). The van der Waals surface area contributed by atoms with Gasteiger partial charge in [0.2, 0.25) is 0 Å². The summed E-state index contributed by atoms with van der Waals surface area (Å²) in [5, 5.41) is 0. The van der Waals surface area contributed by atoms with E-state index in [2.05, 4.69) is 15.9 Å². The van der Waals surface area contributed by atoms with Crippen molar-refractivity contribution in [3.8, 4) is 5.75 Å². The summed E-state index contributed by atoms with van der Waals surface area (Å²) in [5.74, 6) is -0.0280. The van der Waals surface area contributed by atoms with E-state index in [4.69, 9.17) is 10.5 Å². The van der Waals surface area contributed by atoms with Gasteiger partial charge >= 0.3 is 0 Å². The van der Waals surface area contributed by atoms with Crippen LogP contribution in [-0.4, -0.2) is 7.11 Å². The molecule has 0 heterocycles. The lowest BCUT2D eigenvalue weighted by Gasteiger charge is -2.05. The van der Waals surface area contributed by atoms with Crippen molar-refractivity contribution in [3.63, 3.8) is 0 Å². The van der Waals surface area contributed by atoms with Crippen molar-refractivity contribution in [3.05, 3.63) is 22.4 Å². The van der Waals surface area contributed by atoms with Crippen LogP contribution in [0.15, 0.2) is 16.6 Å². The van der Waals surface area contributed by atoms with E-state index in [1.165, 1.54) is 19.2 Å². The number of nitrogen functional groups attached to an aromatic ring is 1. The molecule has 0 saturated carbocycles. The fourth-order valence-corrected chi connectivity index (χ4v) is 1.14. The number of hydrogen-bond donors (Lipinski definition) is 1. The quantitative estimate of drug-likeness (QED) is 0.810. The molecule has 0 amide bonds. The van der Waals surface area contributed by atoms with Gasteiger partial charge < -0.3 is 10.5 Å². The van der Waals surface area contributed by atoms with E-state index in [-0.39, 0.29) is 22.8 Å². The summed E-state index contributed by atoms with van der Waals surface area (Å²) in [5.41, 5.74) is 5.93. The fourth-order valence-electron chi connectivity index (χ4n) is 0.730. The Labute approximate surface area is 88.8 Å². The van der Waals surface area contributed by atoms with Gasteiger partial charge in [-0.3, -0.25) is 0 Å². The normalized spacial score (nSPS) is 8.92. The van der Waals surface area contributed by atoms with Crippen LogP contribution in [0.4, 0.5) is 10.1 Å². The summed E-state index contributed by atoms with van der Waals surface area (Å²) in [6.45, 7) is 0. The van der Waals surface area contributed by atoms with Gasteiger partial charge in [-0.05, 0) is 22.0 Å². The highest BCUT2D eigenvalue weighted by molar-refractivity contribution is 9.10. The molecule has 2 nitrogen and oxygen atoms in total. The van der Waals surface area contributed by atoms with Crippen molar-refractivity contribution in [1.29, 1.82) is 0 Å². The Bertz CT molecular complexity index is 280. The predicted octanol–water partition coefficient (Wildman–Crippen LogP) is 2.76. The molecule has 0 radical (unpaired) electrons. The summed E-state index contributed by atoms with van der Waals surface area (Å²) in [4.78, 5) is 0. The van der Waals surface area contributed by atoms with Crippen molar-refractivity contribution in [2.24, 2.45) is 0 Å². The van der Waals surface area contributed by atoms with Crippen LogP contribution in [0.3, 0.4) is 0 Å². The van der Waals surface area contributed by atoms with E-state index in [0.717, 1.165) is 0 Å². The van der Waals surface area contributed by atoms with Gasteiger partial charge in [0.1, 0.15) is 11.6 Å². The zero-order valence-electron chi connectivity index (χ0n) is 6.30. The molecule has 1 aromatic rings.